The van der Waals surface area contributed by atoms with Crippen LogP contribution in [0.5, 0.6) is 0 Å². The minimum atomic E-state index is -0.136. The molecule has 0 radical (unpaired) electrons. The van der Waals surface area contributed by atoms with Crippen LogP contribution >= 0.6 is 11.3 Å². The zero-order chi connectivity index (χ0) is 19.5. The van der Waals surface area contributed by atoms with Crippen molar-refractivity contribution >= 4 is 39.2 Å². The fourth-order valence-electron chi connectivity index (χ4n) is 3.21. The number of hydrogen-bond donors (Lipinski definition) is 1. The van der Waals surface area contributed by atoms with Gasteiger partial charge in [-0.1, -0.05) is 6.92 Å². The molecule has 8 nitrogen and oxygen atoms in total. The molecule has 4 rings (SSSR count). The normalized spacial score (nSPS) is 14.5. The van der Waals surface area contributed by atoms with Crippen LogP contribution in [0.15, 0.2) is 35.2 Å². The number of anilines is 1. The zero-order valence-corrected chi connectivity index (χ0v) is 16.4. The summed E-state index contributed by atoms with van der Waals surface area (Å²) in [6.07, 6.45) is 3.95. The molecule has 0 bridgehead atoms. The highest BCUT2D eigenvalue weighted by molar-refractivity contribution is 7.18. The van der Waals surface area contributed by atoms with Crippen molar-refractivity contribution in [2.75, 3.05) is 38.0 Å². The van der Waals surface area contributed by atoms with Crippen molar-refractivity contribution < 1.29 is 14.0 Å². The molecule has 1 fully saturated rings. The second-order valence-corrected chi connectivity index (χ2v) is 7.63. The summed E-state index contributed by atoms with van der Waals surface area (Å²) >= 11 is 1.64. The third kappa shape index (κ3) is 3.70. The van der Waals surface area contributed by atoms with E-state index in [2.05, 4.69) is 28.3 Å². The molecule has 1 aliphatic heterocycles. The number of fused-ring (bicyclic) bond motifs is 1. The Balaban J connectivity index is 1.33. The Morgan fingerprint density at radius 1 is 1.21 bits per heavy atom. The van der Waals surface area contributed by atoms with Gasteiger partial charge in [-0.25, -0.2) is 9.97 Å². The monoisotopic (exact) mass is 399 g/mol. The molecule has 1 saturated heterocycles. The quantitative estimate of drug-likeness (QED) is 0.708. The first kappa shape index (κ1) is 18.4. The van der Waals surface area contributed by atoms with Gasteiger partial charge in [0.25, 0.3) is 5.91 Å². The summed E-state index contributed by atoms with van der Waals surface area (Å²) in [5.74, 6) is 0.864. The molecular weight excluding hydrogens is 378 g/mol. The molecule has 4 heterocycles. The summed E-state index contributed by atoms with van der Waals surface area (Å²) < 4.78 is 5.16. The van der Waals surface area contributed by atoms with Crippen molar-refractivity contribution in [1.82, 2.24) is 19.8 Å². The van der Waals surface area contributed by atoms with Crippen LogP contribution < -0.4 is 5.32 Å². The van der Waals surface area contributed by atoms with Crippen LogP contribution in [0.25, 0.3) is 10.2 Å². The molecule has 2 amide bonds. The van der Waals surface area contributed by atoms with Crippen molar-refractivity contribution in [2.24, 2.45) is 0 Å². The van der Waals surface area contributed by atoms with Gasteiger partial charge in [0.1, 0.15) is 17.0 Å². The molecule has 0 atom stereocenters. The number of furan rings is 1. The van der Waals surface area contributed by atoms with Crippen molar-refractivity contribution in [3.63, 3.8) is 0 Å². The topological polar surface area (TPSA) is 91.6 Å². The highest BCUT2D eigenvalue weighted by Crippen LogP contribution is 2.28. The smallest absolute Gasteiger partial charge is 0.289 e. The van der Waals surface area contributed by atoms with Crippen molar-refractivity contribution in [3.05, 3.63) is 41.4 Å². The Kier molecular flexibility index (Phi) is 5.25. The number of hydrogen-bond acceptors (Lipinski definition) is 7. The molecule has 9 heteroatoms. The van der Waals surface area contributed by atoms with Crippen LogP contribution in [-0.4, -0.2) is 64.3 Å². The first-order valence-corrected chi connectivity index (χ1v) is 10.0. The maximum atomic E-state index is 12.6. The molecule has 146 valence electrons. The molecule has 1 aliphatic rings. The van der Waals surface area contributed by atoms with Gasteiger partial charge in [0.15, 0.2) is 5.76 Å². The third-order valence-electron chi connectivity index (χ3n) is 4.79. The molecule has 0 aromatic carbocycles. The number of nitrogens with one attached hydrogen (secondary N) is 1. The number of carbonyl (C=O) groups is 2. The maximum absolute atomic E-state index is 12.6. The van der Waals surface area contributed by atoms with Gasteiger partial charge in [-0.2, -0.15) is 0 Å². The van der Waals surface area contributed by atoms with E-state index in [9.17, 15) is 9.59 Å². The van der Waals surface area contributed by atoms with E-state index >= 15 is 0 Å². The van der Waals surface area contributed by atoms with Crippen LogP contribution in [0, 0.1) is 0 Å². The summed E-state index contributed by atoms with van der Waals surface area (Å²) in [5, 5.41) is 4.10. The standard InChI is InChI=1S/C19H21N5O3S/c1-2-13-10-14-17(21-12-22-18(14)28-13)20-11-16(25)23-5-7-24(8-6-23)19(26)15-4-3-9-27-15/h3-4,9-10,12H,2,5-8,11H2,1H3,(H,20,21,22). The minimum absolute atomic E-state index is 0.0113. The lowest BCUT2D eigenvalue weighted by molar-refractivity contribution is -0.130. The van der Waals surface area contributed by atoms with Crippen LogP contribution in [0.1, 0.15) is 22.4 Å². The Hall–Kier alpha value is -2.94. The first-order chi connectivity index (χ1) is 13.7. The Bertz CT molecular complexity index is 977. The predicted octanol–water partition coefficient (Wildman–Crippen LogP) is 2.24. The Morgan fingerprint density at radius 2 is 2.00 bits per heavy atom. The fourth-order valence-corrected chi connectivity index (χ4v) is 4.14. The molecule has 0 aliphatic carbocycles. The van der Waals surface area contributed by atoms with E-state index in [-0.39, 0.29) is 18.4 Å². The van der Waals surface area contributed by atoms with E-state index in [1.54, 1.807) is 33.3 Å². The average Bonchev–Trinajstić information content (AvgIpc) is 3.41. The summed E-state index contributed by atoms with van der Waals surface area (Å²) in [6, 6.07) is 5.42. The minimum Gasteiger partial charge on any atom is -0.459 e. The lowest BCUT2D eigenvalue weighted by Crippen LogP contribution is -2.51. The van der Waals surface area contributed by atoms with Gasteiger partial charge in [0.2, 0.25) is 5.91 Å². The predicted molar refractivity (Wildman–Crippen MR) is 106 cm³/mol. The fraction of sp³-hybridized carbons (Fsp3) is 0.368. The summed E-state index contributed by atoms with van der Waals surface area (Å²) in [7, 11) is 0. The van der Waals surface area contributed by atoms with E-state index in [4.69, 9.17) is 4.42 Å². The van der Waals surface area contributed by atoms with Gasteiger partial charge in [-0.3, -0.25) is 9.59 Å². The SMILES string of the molecule is CCc1cc2c(NCC(=O)N3CCN(C(=O)c4ccco4)CC3)ncnc2s1. The van der Waals surface area contributed by atoms with E-state index in [1.807, 2.05) is 0 Å². The summed E-state index contributed by atoms with van der Waals surface area (Å²) in [5.41, 5.74) is 0. The largest absolute Gasteiger partial charge is 0.459 e. The van der Waals surface area contributed by atoms with Gasteiger partial charge in [-0.05, 0) is 24.6 Å². The third-order valence-corrected chi connectivity index (χ3v) is 5.97. The highest BCUT2D eigenvalue weighted by atomic mass is 32.1. The first-order valence-electron chi connectivity index (χ1n) is 9.23. The van der Waals surface area contributed by atoms with Crippen molar-refractivity contribution in [2.45, 2.75) is 13.3 Å². The molecule has 0 unspecified atom stereocenters. The van der Waals surface area contributed by atoms with Crippen LogP contribution in [0.3, 0.4) is 0 Å². The van der Waals surface area contributed by atoms with Gasteiger partial charge >= 0.3 is 0 Å². The van der Waals surface area contributed by atoms with E-state index < -0.39 is 0 Å². The lowest BCUT2D eigenvalue weighted by atomic mass is 10.2. The van der Waals surface area contributed by atoms with Gasteiger partial charge in [0, 0.05) is 31.1 Å². The molecule has 3 aromatic rings. The van der Waals surface area contributed by atoms with Crippen molar-refractivity contribution in [1.29, 1.82) is 0 Å². The number of piperazine rings is 1. The van der Waals surface area contributed by atoms with E-state index in [0.717, 1.165) is 16.6 Å². The number of thiophene rings is 1. The number of carbonyl (C=O) groups excluding carboxylic acids is 2. The van der Waals surface area contributed by atoms with E-state index in [1.165, 1.54) is 17.5 Å². The maximum Gasteiger partial charge on any atom is 0.289 e. The summed E-state index contributed by atoms with van der Waals surface area (Å²) in [6.45, 7) is 4.26. The second kappa shape index (κ2) is 7.97. The average molecular weight is 399 g/mol. The molecule has 3 aromatic heterocycles. The number of aryl methyl sites for hydroxylation is 1. The molecule has 28 heavy (non-hydrogen) atoms. The molecule has 0 spiro atoms. The zero-order valence-electron chi connectivity index (χ0n) is 15.6. The molecule has 0 saturated carbocycles. The second-order valence-electron chi connectivity index (χ2n) is 6.51. The van der Waals surface area contributed by atoms with Crippen LogP contribution in [0.2, 0.25) is 0 Å². The summed E-state index contributed by atoms with van der Waals surface area (Å²) in [4.78, 5) is 39.1. The number of rotatable bonds is 5. The number of nitrogens with zero attached hydrogens (tertiary/aromatic N) is 4. The lowest BCUT2D eigenvalue weighted by Gasteiger charge is -2.34. The molecule has 1 N–H and O–H groups in total. The molecular formula is C19H21N5O3S. The Morgan fingerprint density at radius 3 is 2.71 bits per heavy atom. The van der Waals surface area contributed by atoms with Crippen LogP contribution in [-0.2, 0) is 11.2 Å². The number of aromatic nitrogens is 2. The van der Waals surface area contributed by atoms with Crippen LogP contribution in [0.4, 0.5) is 5.82 Å². The van der Waals surface area contributed by atoms with Crippen molar-refractivity contribution in [3.8, 4) is 0 Å². The Labute approximate surface area is 166 Å². The highest BCUT2D eigenvalue weighted by Gasteiger charge is 2.26. The van der Waals surface area contributed by atoms with E-state index in [0.29, 0.717) is 37.8 Å². The van der Waals surface area contributed by atoms with Gasteiger partial charge in [0.05, 0.1) is 18.2 Å². The van der Waals surface area contributed by atoms with Gasteiger partial charge in [-0.15, -0.1) is 11.3 Å². The van der Waals surface area contributed by atoms with Gasteiger partial charge < -0.3 is 19.5 Å². The number of amides is 2.